The average molecular weight is 608 g/mol. The molecule has 7 rings (SSSR count). The summed E-state index contributed by atoms with van der Waals surface area (Å²) >= 11 is 0. The molecular weight excluding hydrogens is 566 g/mol. The highest BCUT2D eigenvalue weighted by Gasteiger charge is 2.38. The largest absolute Gasteiger partial charge is 0.474 e. The number of carbonyl (C=O) groups is 2. The first-order valence-electron chi connectivity index (χ1n) is 13.9. The molecule has 1 saturated carbocycles. The molecule has 2 saturated heterocycles. The number of ether oxygens (including phenoxy) is 1. The van der Waals surface area contributed by atoms with E-state index in [9.17, 15) is 14.7 Å². The van der Waals surface area contributed by atoms with E-state index in [1.54, 1.807) is 17.3 Å². The smallest absolute Gasteiger partial charge is 0.238 e. The molecule has 2 amide bonds. The number of hydrogen-bond acceptors (Lipinski definition) is 9. The third-order valence-electron chi connectivity index (χ3n) is 8.39. The highest BCUT2D eigenvalue weighted by molar-refractivity contribution is 7.59. The highest BCUT2D eigenvalue weighted by Crippen LogP contribution is 2.40. The SMILES string of the molecule is C.C.CN(c1nc(Nc2cnc3c(c2)N2C(=O)CC[C@H]2CO3)ncc1-c1ccc(N2CCCC2=O)cc1)C1CC(O)C1.S. The van der Waals surface area contributed by atoms with E-state index in [1.165, 1.54) is 0 Å². The van der Waals surface area contributed by atoms with Gasteiger partial charge >= 0.3 is 0 Å². The minimum atomic E-state index is -0.298. The van der Waals surface area contributed by atoms with Crippen molar-refractivity contribution >= 4 is 54.1 Å². The normalized spacial score (nSPS) is 21.8. The molecule has 3 aromatic rings. The third-order valence-corrected chi connectivity index (χ3v) is 8.39. The number of nitrogens with zero attached hydrogens (tertiary/aromatic N) is 6. The molecule has 1 atom stereocenters. The maximum absolute atomic E-state index is 12.5. The zero-order valence-electron chi connectivity index (χ0n) is 22.8. The Morgan fingerprint density at radius 1 is 1.05 bits per heavy atom. The van der Waals surface area contributed by atoms with Gasteiger partial charge < -0.3 is 29.9 Å². The molecule has 0 radical (unpaired) electrons. The summed E-state index contributed by atoms with van der Waals surface area (Å²) < 4.78 is 5.79. The van der Waals surface area contributed by atoms with Crippen LogP contribution in [0.1, 0.15) is 53.4 Å². The predicted molar refractivity (Wildman–Crippen MR) is 174 cm³/mol. The number of aliphatic hydroxyl groups excluding tert-OH is 1. The van der Waals surface area contributed by atoms with Crippen LogP contribution in [0, 0.1) is 0 Å². The van der Waals surface area contributed by atoms with Crippen LogP contribution in [0.3, 0.4) is 0 Å². The van der Waals surface area contributed by atoms with Gasteiger partial charge in [0.05, 0.1) is 24.0 Å². The molecule has 12 heteroatoms. The lowest BCUT2D eigenvalue weighted by molar-refractivity contribution is -0.118. The minimum absolute atomic E-state index is 0. The number of rotatable bonds is 6. The second-order valence-corrected chi connectivity index (χ2v) is 11.0. The molecule has 3 fully saturated rings. The fourth-order valence-corrected chi connectivity index (χ4v) is 6.03. The van der Waals surface area contributed by atoms with Gasteiger partial charge in [-0.3, -0.25) is 9.59 Å². The highest BCUT2D eigenvalue weighted by atomic mass is 32.1. The fraction of sp³-hybridized carbons (Fsp3) is 0.452. The van der Waals surface area contributed by atoms with Gasteiger partial charge in [-0.05, 0) is 49.4 Å². The Hall–Kier alpha value is -3.90. The van der Waals surface area contributed by atoms with E-state index in [1.807, 2.05) is 42.3 Å². The van der Waals surface area contributed by atoms with Crippen LogP contribution in [0.15, 0.2) is 42.7 Å². The van der Waals surface area contributed by atoms with Gasteiger partial charge in [0, 0.05) is 49.9 Å². The Labute approximate surface area is 259 Å². The average Bonchev–Trinajstić information content (AvgIpc) is 3.56. The number of aliphatic hydroxyl groups is 1. The van der Waals surface area contributed by atoms with Gasteiger partial charge in [-0.2, -0.15) is 18.5 Å². The summed E-state index contributed by atoms with van der Waals surface area (Å²) in [6.07, 6.45) is 7.27. The van der Waals surface area contributed by atoms with Gasteiger partial charge in [0.1, 0.15) is 18.1 Å². The quantitative estimate of drug-likeness (QED) is 0.412. The van der Waals surface area contributed by atoms with Gasteiger partial charge in [-0.25, -0.2) is 9.97 Å². The van der Waals surface area contributed by atoms with Crippen LogP contribution in [-0.4, -0.2) is 70.3 Å². The molecule has 2 N–H and O–H groups in total. The summed E-state index contributed by atoms with van der Waals surface area (Å²) in [6.45, 7) is 1.21. The van der Waals surface area contributed by atoms with Crippen molar-refractivity contribution in [2.45, 2.75) is 71.6 Å². The molecule has 3 aliphatic heterocycles. The summed E-state index contributed by atoms with van der Waals surface area (Å²) in [6, 6.07) is 10.00. The molecule has 230 valence electrons. The summed E-state index contributed by atoms with van der Waals surface area (Å²) in [7, 11) is 1.99. The molecule has 11 nitrogen and oxygen atoms in total. The second kappa shape index (κ2) is 12.8. The van der Waals surface area contributed by atoms with Crippen molar-refractivity contribution in [2.24, 2.45) is 0 Å². The lowest BCUT2D eigenvalue weighted by Crippen LogP contribution is -2.45. The van der Waals surface area contributed by atoms with Crippen LogP contribution in [0.4, 0.5) is 28.8 Å². The van der Waals surface area contributed by atoms with E-state index >= 15 is 0 Å². The first-order valence-corrected chi connectivity index (χ1v) is 13.9. The molecule has 1 aromatic carbocycles. The topological polar surface area (TPSA) is 124 Å². The van der Waals surface area contributed by atoms with Crippen LogP contribution in [-0.2, 0) is 9.59 Å². The van der Waals surface area contributed by atoms with Crippen LogP contribution in [0.5, 0.6) is 5.88 Å². The Kier molecular flexibility index (Phi) is 9.50. The lowest BCUT2D eigenvalue weighted by atomic mass is 9.88. The van der Waals surface area contributed by atoms with Gasteiger partial charge in [0.2, 0.25) is 23.6 Å². The predicted octanol–water partition coefficient (Wildman–Crippen LogP) is 4.64. The van der Waals surface area contributed by atoms with Crippen molar-refractivity contribution in [2.75, 3.05) is 40.2 Å². The van der Waals surface area contributed by atoms with E-state index in [-0.39, 0.29) is 58.4 Å². The number of fused-ring (bicyclic) bond motifs is 3. The number of aromatic nitrogens is 3. The summed E-state index contributed by atoms with van der Waals surface area (Å²) in [5, 5.41) is 13.2. The van der Waals surface area contributed by atoms with Crippen LogP contribution in [0.25, 0.3) is 11.1 Å². The van der Waals surface area contributed by atoms with Crippen LogP contribution < -0.4 is 24.8 Å². The summed E-state index contributed by atoms with van der Waals surface area (Å²) in [5.41, 5.74) is 4.01. The molecule has 2 aromatic heterocycles. The number of benzene rings is 1. The monoisotopic (exact) mass is 607 g/mol. The number of hydrogen-bond donors (Lipinski definition) is 2. The Morgan fingerprint density at radius 3 is 2.51 bits per heavy atom. The maximum Gasteiger partial charge on any atom is 0.238 e. The van der Waals surface area contributed by atoms with E-state index in [2.05, 4.69) is 20.2 Å². The first-order chi connectivity index (χ1) is 19.4. The molecule has 4 aliphatic rings. The Bertz CT molecular complexity index is 1480. The third kappa shape index (κ3) is 5.85. The standard InChI is InChI=1S/C29H31N7O4.2CH4.H2S/c1-34(21-12-22(37)13-21)27-23(17-4-6-19(7-5-17)35-10-2-3-25(35)38)15-31-29(33-27)32-18-11-24-28(30-14-18)40-16-20-8-9-26(39)36(20)24;;;/h4-7,11,14-15,20-22,37H,2-3,8-10,12-13,16H2,1H3,(H,31,32,33);2*1H4;1H2/t20-,21?,22?;;;/m0.../s1. The van der Waals surface area contributed by atoms with Gasteiger partial charge in [0.25, 0.3) is 0 Å². The molecule has 43 heavy (non-hydrogen) atoms. The van der Waals surface area contributed by atoms with Gasteiger partial charge in [-0.1, -0.05) is 27.0 Å². The van der Waals surface area contributed by atoms with E-state index in [0.717, 1.165) is 42.0 Å². The zero-order chi connectivity index (χ0) is 27.4. The van der Waals surface area contributed by atoms with Crippen molar-refractivity contribution < 1.29 is 19.4 Å². The second-order valence-electron chi connectivity index (χ2n) is 11.0. The number of nitrogens with one attached hydrogen (secondary N) is 1. The van der Waals surface area contributed by atoms with Crippen molar-refractivity contribution in [3.63, 3.8) is 0 Å². The van der Waals surface area contributed by atoms with Crippen LogP contribution >= 0.6 is 13.5 Å². The number of anilines is 5. The fourth-order valence-electron chi connectivity index (χ4n) is 6.03. The van der Waals surface area contributed by atoms with Crippen molar-refractivity contribution in [1.29, 1.82) is 0 Å². The number of pyridine rings is 1. The van der Waals surface area contributed by atoms with Crippen molar-refractivity contribution in [3.05, 3.63) is 42.7 Å². The summed E-state index contributed by atoms with van der Waals surface area (Å²) in [4.78, 5) is 44.4. The first kappa shape index (κ1) is 32.0. The number of carbonyl (C=O) groups excluding carboxylic acids is 2. The van der Waals surface area contributed by atoms with E-state index < -0.39 is 0 Å². The molecular formula is C31H41N7O4S. The van der Waals surface area contributed by atoms with Gasteiger partial charge in [-0.15, -0.1) is 0 Å². The molecule has 0 spiro atoms. The molecule has 0 unspecified atom stereocenters. The molecule has 0 bridgehead atoms. The van der Waals surface area contributed by atoms with Crippen molar-refractivity contribution in [3.8, 4) is 17.0 Å². The van der Waals surface area contributed by atoms with Crippen LogP contribution in [0.2, 0.25) is 0 Å². The molecule has 5 heterocycles. The Balaban J connectivity index is 0.00000141. The van der Waals surface area contributed by atoms with Crippen molar-refractivity contribution in [1.82, 2.24) is 15.0 Å². The number of amides is 2. The minimum Gasteiger partial charge on any atom is -0.474 e. The summed E-state index contributed by atoms with van der Waals surface area (Å²) in [5.74, 6) is 1.83. The Morgan fingerprint density at radius 2 is 1.81 bits per heavy atom. The maximum atomic E-state index is 12.5. The lowest BCUT2D eigenvalue weighted by Gasteiger charge is -2.39. The zero-order valence-corrected chi connectivity index (χ0v) is 23.8. The molecule has 1 aliphatic carbocycles. The van der Waals surface area contributed by atoms with E-state index in [0.29, 0.717) is 55.5 Å². The van der Waals surface area contributed by atoms with Gasteiger partial charge in [0.15, 0.2) is 0 Å². The van der Waals surface area contributed by atoms with E-state index in [4.69, 9.17) is 9.72 Å².